The first-order chi connectivity index (χ1) is 9.15. The van der Waals surface area contributed by atoms with E-state index < -0.39 is 0 Å². The third-order valence-electron chi connectivity index (χ3n) is 3.47. The van der Waals surface area contributed by atoms with Gasteiger partial charge in [-0.25, -0.2) is 0 Å². The molecular weight excluding hydrogens is 345 g/mol. The summed E-state index contributed by atoms with van der Waals surface area (Å²) in [7, 11) is 0. The number of rotatable bonds is 2. The minimum absolute atomic E-state index is 0.295. The average molecular weight is 357 g/mol. The fourth-order valence-electron chi connectivity index (χ4n) is 2.56. The number of fused-ring (bicyclic) bond motifs is 1. The van der Waals surface area contributed by atoms with E-state index >= 15 is 0 Å². The molecule has 1 N–H and O–H groups in total. The van der Waals surface area contributed by atoms with Gasteiger partial charge in [-0.1, -0.05) is 51.3 Å². The van der Waals surface area contributed by atoms with Gasteiger partial charge >= 0.3 is 0 Å². The van der Waals surface area contributed by atoms with Gasteiger partial charge in [0, 0.05) is 9.50 Å². The minimum atomic E-state index is 0.295. The van der Waals surface area contributed by atoms with Gasteiger partial charge in [0.1, 0.15) is 0 Å². The zero-order chi connectivity index (χ0) is 13.4. The predicted octanol–water partition coefficient (Wildman–Crippen LogP) is 5.86. The Hall–Kier alpha value is -0.700. The highest BCUT2D eigenvalue weighted by molar-refractivity contribution is 9.10. The Balaban J connectivity index is 1.91. The molecule has 1 unspecified atom stereocenters. The summed E-state index contributed by atoms with van der Waals surface area (Å²) in [6.07, 6.45) is 2.15. The average Bonchev–Trinajstić information content (AvgIpc) is 2.79. The lowest BCUT2D eigenvalue weighted by Gasteiger charge is -2.17. The molecule has 0 amide bonds. The van der Waals surface area contributed by atoms with Crippen LogP contribution in [0.25, 0.3) is 0 Å². The summed E-state index contributed by atoms with van der Waals surface area (Å²) in [6.45, 7) is 0. The SMILES string of the molecule is Clc1ccc(Cl)c(NC2CCc3c(Br)cccc32)c1. The Morgan fingerprint density at radius 2 is 2.00 bits per heavy atom. The normalized spacial score (nSPS) is 17.3. The van der Waals surface area contributed by atoms with Gasteiger partial charge in [-0.15, -0.1) is 0 Å². The molecule has 4 heteroatoms. The maximum Gasteiger partial charge on any atom is 0.0638 e. The fraction of sp³-hybridized carbons (Fsp3) is 0.200. The quantitative estimate of drug-likeness (QED) is 0.711. The third-order valence-corrected chi connectivity index (χ3v) is 4.78. The zero-order valence-corrected chi connectivity index (χ0v) is 13.2. The first kappa shape index (κ1) is 13.3. The number of benzene rings is 2. The van der Waals surface area contributed by atoms with Crippen molar-refractivity contribution < 1.29 is 0 Å². The standard InChI is InChI=1S/C15H12BrCl2N/c16-12-3-1-2-11-10(12)5-7-14(11)19-15-8-9(17)4-6-13(15)18/h1-4,6,8,14,19H,5,7H2. The van der Waals surface area contributed by atoms with Crippen LogP contribution in [0.3, 0.4) is 0 Å². The Bertz CT molecular complexity index is 628. The molecule has 0 heterocycles. The number of halogens is 3. The summed E-state index contributed by atoms with van der Waals surface area (Å²) in [5, 5.41) is 4.89. The van der Waals surface area contributed by atoms with Crippen LogP contribution in [0.5, 0.6) is 0 Å². The van der Waals surface area contributed by atoms with Crippen molar-refractivity contribution in [2.45, 2.75) is 18.9 Å². The van der Waals surface area contributed by atoms with Crippen LogP contribution in [0.2, 0.25) is 10.0 Å². The summed E-state index contributed by atoms with van der Waals surface area (Å²) in [6, 6.07) is 12.1. The van der Waals surface area contributed by atoms with Gasteiger partial charge in [0.15, 0.2) is 0 Å². The molecule has 0 aliphatic heterocycles. The smallest absolute Gasteiger partial charge is 0.0638 e. The van der Waals surface area contributed by atoms with Crippen molar-refractivity contribution in [3.8, 4) is 0 Å². The Kier molecular flexibility index (Phi) is 3.75. The number of hydrogen-bond donors (Lipinski definition) is 1. The number of nitrogens with one attached hydrogen (secondary N) is 1. The molecular formula is C15H12BrCl2N. The highest BCUT2D eigenvalue weighted by Gasteiger charge is 2.24. The van der Waals surface area contributed by atoms with Crippen molar-refractivity contribution in [3.05, 3.63) is 62.0 Å². The van der Waals surface area contributed by atoms with E-state index in [1.807, 2.05) is 12.1 Å². The molecule has 0 spiro atoms. The molecule has 1 nitrogen and oxygen atoms in total. The summed E-state index contributed by atoms with van der Waals surface area (Å²) in [5.74, 6) is 0. The Labute approximate surface area is 131 Å². The van der Waals surface area contributed by atoms with E-state index in [1.54, 1.807) is 6.07 Å². The van der Waals surface area contributed by atoms with Crippen LogP contribution >= 0.6 is 39.1 Å². The van der Waals surface area contributed by atoms with Crippen LogP contribution in [0, 0.1) is 0 Å². The largest absolute Gasteiger partial charge is 0.377 e. The van der Waals surface area contributed by atoms with Crippen molar-refractivity contribution in [1.82, 2.24) is 0 Å². The topological polar surface area (TPSA) is 12.0 Å². The van der Waals surface area contributed by atoms with Gasteiger partial charge in [0.05, 0.1) is 16.8 Å². The van der Waals surface area contributed by atoms with E-state index in [0.717, 1.165) is 18.5 Å². The van der Waals surface area contributed by atoms with E-state index in [1.165, 1.54) is 15.6 Å². The first-order valence-electron chi connectivity index (χ1n) is 6.14. The lowest BCUT2D eigenvalue weighted by Crippen LogP contribution is -2.07. The lowest BCUT2D eigenvalue weighted by atomic mass is 10.1. The van der Waals surface area contributed by atoms with Crippen LogP contribution in [0.15, 0.2) is 40.9 Å². The zero-order valence-electron chi connectivity index (χ0n) is 10.1. The van der Waals surface area contributed by atoms with E-state index in [0.29, 0.717) is 16.1 Å². The maximum absolute atomic E-state index is 6.20. The molecule has 1 atom stereocenters. The van der Waals surface area contributed by atoms with Gasteiger partial charge in [-0.2, -0.15) is 0 Å². The second kappa shape index (κ2) is 5.35. The first-order valence-corrected chi connectivity index (χ1v) is 7.69. The van der Waals surface area contributed by atoms with Gasteiger partial charge < -0.3 is 5.32 Å². The maximum atomic E-state index is 6.20. The molecule has 0 saturated heterocycles. The van der Waals surface area contributed by atoms with Crippen LogP contribution in [-0.4, -0.2) is 0 Å². The van der Waals surface area contributed by atoms with Crippen molar-refractivity contribution in [2.75, 3.05) is 5.32 Å². The molecule has 19 heavy (non-hydrogen) atoms. The van der Waals surface area contributed by atoms with Gasteiger partial charge in [-0.05, 0) is 48.2 Å². The predicted molar refractivity (Wildman–Crippen MR) is 85.3 cm³/mol. The summed E-state index contributed by atoms with van der Waals surface area (Å²) >= 11 is 15.8. The highest BCUT2D eigenvalue weighted by Crippen LogP contribution is 2.39. The second-order valence-electron chi connectivity index (χ2n) is 4.67. The molecule has 0 saturated carbocycles. The molecule has 1 aliphatic carbocycles. The van der Waals surface area contributed by atoms with Crippen LogP contribution in [-0.2, 0) is 6.42 Å². The molecule has 0 radical (unpaired) electrons. The molecule has 0 fully saturated rings. The van der Waals surface area contributed by atoms with Crippen LogP contribution in [0.4, 0.5) is 5.69 Å². The van der Waals surface area contributed by atoms with E-state index in [2.05, 4.69) is 39.4 Å². The van der Waals surface area contributed by atoms with Crippen molar-refractivity contribution >= 4 is 44.8 Å². The third kappa shape index (κ3) is 2.62. The van der Waals surface area contributed by atoms with Gasteiger partial charge in [0.25, 0.3) is 0 Å². The van der Waals surface area contributed by atoms with Gasteiger partial charge in [-0.3, -0.25) is 0 Å². The Morgan fingerprint density at radius 3 is 2.84 bits per heavy atom. The molecule has 0 bridgehead atoms. The highest BCUT2D eigenvalue weighted by atomic mass is 79.9. The van der Waals surface area contributed by atoms with Crippen LogP contribution in [0.1, 0.15) is 23.6 Å². The van der Waals surface area contributed by atoms with E-state index in [4.69, 9.17) is 23.2 Å². The van der Waals surface area contributed by atoms with Crippen molar-refractivity contribution in [3.63, 3.8) is 0 Å². The molecule has 98 valence electrons. The summed E-state index contributed by atoms with van der Waals surface area (Å²) in [4.78, 5) is 0. The van der Waals surface area contributed by atoms with Crippen molar-refractivity contribution in [1.29, 1.82) is 0 Å². The summed E-state index contributed by atoms with van der Waals surface area (Å²) < 4.78 is 1.19. The molecule has 3 rings (SSSR count). The Morgan fingerprint density at radius 1 is 1.16 bits per heavy atom. The van der Waals surface area contributed by atoms with Crippen molar-refractivity contribution in [2.24, 2.45) is 0 Å². The van der Waals surface area contributed by atoms with E-state index in [9.17, 15) is 0 Å². The molecule has 0 aromatic heterocycles. The minimum Gasteiger partial charge on any atom is -0.377 e. The van der Waals surface area contributed by atoms with E-state index in [-0.39, 0.29) is 0 Å². The molecule has 2 aromatic rings. The lowest BCUT2D eigenvalue weighted by molar-refractivity contribution is 0.762. The van der Waals surface area contributed by atoms with Gasteiger partial charge in [0.2, 0.25) is 0 Å². The monoisotopic (exact) mass is 355 g/mol. The molecule has 1 aliphatic rings. The summed E-state index contributed by atoms with van der Waals surface area (Å²) in [5.41, 5.74) is 3.62. The second-order valence-corrected chi connectivity index (χ2v) is 6.37. The fourth-order valence-corrected chi connectivity index (χ4v) is 3.48. The van der Waals surface area contributed by atoms with Crippen LogP contribution < -0.4 is 5.32 Å². The number of hydrogen-bond acceptors (Lipinski definition) is 1. The number of anilines is 1. The molecule has 2 aromatic carbocycles.